The lowest BCUT2D eigenvalue weighted by Crippen LogP contribution is -2.13. The molecule has 0 aliphatic rings. The lowest BCUT2D eigenvalue weighted by atomic mass is 9.93. The number of halogens is 1. The maximum absolute atomic E-state index is 6.67. The molecule has 1 unspecified atom stereocenters. The number of hydrogen-bond acceptors (Lipinski definition) is 0. The minimum absolute atomic E-state index is 0.193. The highest BCUT2D eigenvalue weighted by molar-refractivity contribution is 6.23. The van der Waals surface area contributed by atoms with Crippen LogP contribution in [0.3, 0.4) is 0 Å². The molecule has 1 heteroatoms. The predicted octanol–water partition coefficient (Wildman–Crippen LogP) is 7.45. The van der Waals surface area contributed by atoms with Gasteiger partial charge in [-0.05, 0) is 18.9 Å². The fraction of sp³-hybridized carbons (Fsp3) is 0.700. The first-order valence-corrected chi connectivity index (χ1v) is 9.29. The minimum atomic E-state index is -0.193. The van der Waals surface area contributed by atoms with E-state index < -0.39 is 0 Å². The van der Waals surface area contributed by atoms with Crippen molar-refractivity contribution in [2.45, 2.75) is 89.4 Å². The Morgan fingerprint density at radius 3 is 1.76 bits per heavy atom. The van der Waals surface area contributed by atoms with E-state index in [0.717, 1.165) is 6.42 Å². The van der Waals surface area contributed by atoms with Gasteiger partial charge in [-0.1, -0.05) is 101 Å². The van der Waals surface area contributed by atoms with E-state index in [1.807, 2.05) is 0 Å². The summed E-state index contributed by atoms with van der Waals surface area (Å²) in [6.07, 6.45) is 14.9. The molecule has 0 spiro atoms. The standard InChI is InChI=1S/C20H33Cl/c1-3-4-5-6-7-8-9-10-11-15-18-20(2,21)19-16-13-12-14-17-19/h12-14,16-17H,3-11,15,18H2,1-2H3. The van der Waals surface area contributed by atoms with Crippen molar-refractivity contribution in [3.63, 3.8) is 0 Å². The lowest BCUT2D eigenvalue weighted by molar-refractivity contribution is 0.514. The van der Waals surface area contributed by atoms with Crippen molar-refractivity contribution in [3.05, 3.63) is 35.9 Å². The van der Waals surface area contributed by atoms with Crippen LogP contribution < -0.4 is 0 Å². The van der Waals surface area contributed by atoms with Crippen molar-refractivity contribution in [2.24, 2.45) is 0 Å². The van der Waals surface area contributed by atoms with Gasteiger partial charge in [0, 0.05) is 0 Å². The molecule has 120 valence electrons. The molecule has 0 N–H and O–H groups in total. The molecule has 1 atom stereocenters. The molecule has 0 aliphatic heterocycles. The van der Waals surface area contributed by atoms with E-state index in [4.69, 9.17) is 11.6 Å². The van der Waals surface area contributed by atoms with Gasteiger partial charge < -0.3 is 0 Å². The van der Waals surface area contributed by atoms with Crippen LogP contribution in [0.2, 0.25) is 0 Å². The van der Waals surface area contributed by atoms with Crippen molar-refractivity contribution in [1.29, 1.82) is 0 Å². The van der Waals surface area contributed by atoms with E-state index in [1.54, 1.807) is 0 Å². The molecule has 0 aromatic heterocycles. The SMILES string of the molecule is CCCCCCCCCCCCC(C)(Cl)c1ccccc1. The molecule has 1 rings (SSSR count). The summed E-state index contributed by atoms with van der Waals surface area (Å²) in [6, 6.07) is 10.5. The second-order valence-corrected chi connectivity index (χ2v) is 7.33. The molecule has 1 aromatic carbocycles. The van der Waals surface area contributed by atoms with Gasteiger partial charge in [0.15, 0.2) is 0 Å². The van der Waals surface area contributed by atoms with Crippen LogP contribution in [0.15, 0.2) is 30.3 Å². The van der Waals surface area contributed by atoms with Crippen LogP contribution >= 0.6 is 11.6 Å². The first-order chi connectivity index (χ1) is 10.2. The van der Waals surface area contributed by atoms with Gasteiger partial charge in [0.2, 0.25) is 0 Å². The summed E-state index contributed by atoms with van der Waals surface area (Å²) in [7, 11) is 0. The quantitative estimate of drug-likeness (QED) is 0.278. The first-order valence-electron chi connectivity index (χ1n) is 8.91. The molecule has 0 saturated heterocycles. The molecule has 21 heavy (non-hydrogen) atoms. The Hall–Kier alpha value is -0.490. The van der Waals surface area contributed by atoms with Crippen LogP contribution in [0, 0.1) is 0 Å². The Kier molecular flexibility index (Phi) is 9.83. The topological polar surface area (TPSA) is 0 Å². The van der Waals surface area contributed by atoms with Crippen molar-refractivity contribution >= 4 is 11.6 Å². The zero-order chi connectivity index (χ0) is 15.4. The molecule has 0 nitrogen and oxygen atoms in total. The molecule has 0 radical (unpaired) electrons. The molecule has 1 aromatic rings. The zero-order valence-electron chi connectivity index (χ0n) is 14.0. The summed E-state index contributed by atoms with van der Waals surface area (Å²) >= 11 is 6.67. The molecule has 0 fully saturated rings. The maximum Gasteiger partial charge on any atom is 0.0666 e. The van der Waals surface area contributed by atoms with E-state index in [1.165, 1.54) is 69.8 Å². The normalized spacial score (nSPS) is 14.0. The lowest BCUT2D eigenvalue weighted by Gasteiger charge is -2.22. The number of hydrogen-bond donors (Lipinski definition) is 0. The molecule has 0 heterocycles. The van der Waals surface area contributed by atoms with Gasteiger partial charge in [0.05, 0.1) is 4.87 Å². The monoisotopic (exact) mass is 308 g/mol. The third-order valence-electron chi connectivity index (χ3n) is 4.38. The summed E-state index contributed by atoms with van der Waals surface area (Å²) in [5.74, 6) is 0. The number of rotatable bonds is 12. The second-order valence-electron chi connectivity index (χ2n) is 6.50. The molecule has 0 amide bonds. The fourth-order valence-corrected chi connectivity index (χ4v) is 3.13. The Labute approximate surface area is 137 Å². The van der Waals surface area contributed by atoms with Gasteiger partial charge in [0.25, 0.3) is 0 Å². The Morgan fingerprint density at radius 2 is 1.24 bits per heavy atom. The fourth-order valence-electron chi connectivity index (χ4n) is 2.87. The van der Waals surface area contributed by atoms with Crippen LogP contribution in [0.4, 0.5) is 0 Å². The second kappa shape index (κ2) is 11.1. The smallest absolute Gasteiger partial charge is 0.0666 e. The van der Waals surface area contributed by atoms with E-state index in [9.17, 15) is 0 Å². The number of unbranched alkanes of at least 4 members (excludes halogenated alkanes) is 9. The Balaban J connectivity index is 2.01. The summed E-state index contributed by atoms with van der Waals surface area (Å²) < 4.78 is 0. The average molecular weight is 309 g/mol. The average Bonchev–Trinajstić information content (AvgIpc) is 2.50. The van der Waals surface area contributed by atoms with Gasteiger partial charge >= 0.3 is 0 Å². The molecule has 0 saturated carbocycles. The summed E-state index contributed by atoms with van der Waals surface area (Å²) in [6.45, 7) is 4.43. The zero-order valence-corrected chi connectivity index (χ0v) is 14.8. The Morgan fingerprint density at radius 1 is 0.762 bits per heavy atom. The first kappa shape index (κ1) is 18.6. The van der Waals surface area contributed by atoms with Gasteiger partial charge in [-0.15, -0.1) is 11.6 Å². The van der Waals surface area contributed by atoms with Crippen LogP contribution in [-0.4, -0.2) is 0 Å². The van der Waals surface area contributed by atoms with Crippen LogP contribution in [0.1, 0.15) is 90.0 Å². The van der Waals surface area contributed by atoms with Crippen LogP contribution in [0.25, 0.3) is 0 Å². The van der Waals surface area contributed by atoms with Gasteiger partial charge in [-0.25, -0.2) is 0 Å². The highest BCUT2D eigenvalue weighted by Gasteiger charge is 2.22. The van der Waals surface area contributed by atoms with Gasteiger partial charge in [-0.2, -0.15) is 0 Å². The van der Waals surface area contributed by atoms with E-state index in [-0.39, 0.29) is 4.87 Å². The molecular formula is C20H33Cl. The van der Waals surface area contributed by atoms with Crippen molar-refractivity contribution in [2.75, 3.05) is 0 Å². The maximum atomic E-state index is 6.67. The van der Waals surface area contributed by atoms with Gasteiger partial charge in [-0.3, -0.25) is 0 Å². The third-order valence-corrected chi connectivity index (χ3v) is 4.78. The summed E-state index contributed by atoms with van der Waals surface area (Å²) in [5, 5.41) is 0. The van der Waals surface area contributed by atoms with Crippen LogP contribution in [0.5, 0.6) is 0 Å². The van der Waals surface area contributed by atoms with E-state index in [2.05, 4.69) is 44.2 Å². The minimum Gasteiger partial charge on any atom is -0.114 e. The van der Waals surface area contributed by atoms with E-state index >= 15 is 0 Å². The number of benzene rings is 1. The van der Waals surface area contributed by atoms with Crippen molar-refractivity contribution in [1.82, 2.24) is 0 Å². The van der Waals surface area contributed by atoms with Crippen LogP contribution in [-0.2, 0) is 4.87 Å². The molecule has 0 aliphatic carbocycles. The van der Waals surface area contributed by atoms with E-state index in [0.29, 0.717) is 0 Å². The molecule has 0 bridgehead atoms. The van der Waals surface area contributed by atoms with Crippen molar-refractivity contribution in [3.8, 4) is 0 Å². The highest BCUT2D eigenvalue weighted by atomic mass is 35.5. The number of alkyl halides is 1. The molecular weight excluding hydrogens is 276 g/mol. The third kappa shape index (κ3) is 8.51. The van der Waals surface area contributed by atoms with Gasteiger partial charge in [0.1, 0.15) is 0 Å². The Bertz CT molecular complexity index is 342. The largest absolute Gasteiger partial charge is 0.114 e. The highest BCUT2D eigenvalue weighted by Crippen LogP contribution is 2.34. The predicted molar refractivity (Wildman–Crippen MR) is 96.1 cm³/mol. The summed E-state index contributed by atoms with van der Waals surface area (Å²) in [4.78, 5) is -0.193. The summed E-state index contributed by atoms with van der Waals surface area (Å²) in [5.41, 5.74) is 1.25. The van der Waals surface area contributed by atoms with Crippen molar-refractivity contribution < 1.29 is 0 Å².